The highest BCUT2D eigenvalue weighted by atomic mass is 32.2. The van der Waals surface area contributed by atoms with Crippen LogP contribution in [-0.4, -0.2) is 39.5 Å². The first-order valence-corrected chi connectivity index (χ1v) is 8.80. The molecular formula is C15H24N2O3S. The van der Waals surface area contributed by atoms with Crippen molar-refractivity contribution in [1.82, 2.24) is 9.62 Å². The van der Waals surface area contributed by atoms with Crippen molar-refractivity contribution < 1.29 is 13.2 Å². The minimum absolute atomic E-state index is 0.273. The first kappa shape index (κ1) is 16.3. The first-order valence-electron chi connectivity index (χ1n) is 7.36. The maximum Gasteiger partial charge on any atom is 0.246 e. The Morgan fingerprint density at radius 2 is 2.19 bits per heavy atom. The summed E-state index contributed by atoms with van der Waals surface area (Å²) in [5, 5.41) is 3.21. The summed E-state index contributed by atoms with van der Waals surface area (Å²) in [5.74, 6) is 0.825. The molecule has 0 aromatic heterocycles. The van der Waals surface area contributed by atoms with E-state index in [4.69, 9.17) is 4.74 Å². The average molecular weight is 312 g/mol. The maximum atomic E-state index is 12.8. The molecule has 0 spiro atoms. The molecule has 6 heteroatoms. The summed E-state index contributed by atoms with van der Waals surface area (Å²) < 4.78 is 32.4. The van der Waals surface area contributed by atoms with Crippen molar-refractivity contribution in [2.45, 2.75) is 31.7 Å². The van der Waals surface area contributed by atoms with Gasteiger partial charge < -0.3 is 10.1 Å². The number of benzene rings is 1. The van der Waals surface area contributed by atoms with Crippen LogP contribution in [0.5, 0.6) is 5.75 Å². The number of sulfonamides is 1. The number of rotatable bonds is 6. The third-order valence-corrected chi connectivity index (χ3v) is 5.70. The van der Waals surface area contributed by atoms with Gasteiger partial charge in [-0.1, -0.05) is 19.9 Å². The molecule has 1 aromatic carbocycles. The Bertz CT molecular complexity index is 587. The van der Waals surface area contributed by atoms with Crippen molar-refractivity contribution in [3.63, 3.8) is 0 Å². The second kappa shape index (κ2) is 6.77. The normalized spacial score (nSPS) is 19.9. The number of nitrogens with one attached hydrogen (secondary N) is 1. The van der Waals surface area contributed by atoms with E-state index in [9.17, 15) is 8.42 Å². The Balaban J connectivity index is 2.35. The van der Waals surface area contributed by atoms with E-state index in [1.54, 1.807) is 16.4 Å². The van der Waals surface area contributed by atoms with E-state index in [0.29, 0.717) is 31.3 Å². The molecule has 0 saturated carbocycles. The molecule has 1 unspecified atom stereocenters. The van der Waals surface area contributed by atoms with Crippen LogP contribution >= 0.6 is 0 Å². The highest BCUT2D eigenvalue weighted by Crippen LogP contribution is 2.31. The Kier molecular flexibility index (Phi) is 5.24. The minimum atomic E-state index is -3.48. The summed E-state index contributed by atoms with van der Waals surface area (Å²) in [5.41, 5.74) is 0.948. The zero-order valence-corrected chi connectivity index (χ0v) is 13.7. The van der Waals surface area contributed by atoms with E-state index in [-0.39, 0.29) is 4.90 Å². The van der Waals surface area contributed by atoms with Gasteiger partial charge in [-0.3, -0.25) is 0 Å². The number of methoxy groups -OCH3 is 1. The molecule has 0 bridgehead atoms. The molecule has 5 nitrogen and oxygen atoms in total. The van der Waals surface area contributed by atoms with Crippen molar-refractivity contribution in [2.24, 2.45) is 5.92 Å². The van der Waals surface area contributed by atoms with Crippen LogP contribution in [0.4, 0.5) is 0 Å². The summed E-state index contributed by atoms with van der Waals surface area (Å²) in [4.78, 5) is 0.273. The molecule has 2 rings (SSSR count). The van der Waals surface area contributed by atoms with Gasteiger partial charge in [-0.05, 0) is 36.6 Å². The van der Waals surface area contributed by atoms with Gasteiger partial charge in [-0.15, -0.1) is 0 Å². The van der Waals surface area contributed by atoms with Gasteiger partial charge in [0.1, 0.15) is 10.6 Å². The molecule has 118 valence electrons. The molecule has 1 saturated heterocycles. The predicted molar refractivity (Wildman–Crippen MR) is 82.9 cm³/mol. The van der Waals surface area contributed by atoms with Gasteiger partial charge in [0.05, 0.1) is 7.11 Å². The quantitative estimate of drug-likeness (QED) is 0.871. The van der Waals surface area contributed by atoms with Gasteiger partial charge >= 0.3 is 0 Å². The molecule has 21 heavy (non-hydrogen) atoms. The monoisotopic (exact) mass is 312 g/mol. The summed E-state index contributed by atoms with van der Waals surface area (Å²) in [6.45, 7) is 6.77. The second-order valence-electron chi connectivity index (χ2n) is 5.52. The van der Waals surface area contributed by atoms with E-state index >= 15 is 0 Å². The summed E-state index contributed by atoms with van der Waals surface area (Å²) in [6.07, 6.45) is 0.915. The van der Waals surface area contributed by atoms with Gasteiger partial charge in [0.25, 0.3) is 0 Å². The molecule has 1 aliphatic rings. The average Bonchev–Trinajstić information content (AvgIpc) is 2.92. The minimum Gasteiger partial charge on any atom is -0.495 e. The lowest BCUT2D eigenvalue weighted by molar-refractivity contribution is 0.397. The fraction of sp³-hybridized carbons (Fsp3) is 0.600. The van der Waals surface area contributed by atoms with E-state index in [0.717, 1.165) is 18.5 Å². The van der Waals surface area contributed by atoms with Crippen LogP contribution < -0.4 is 10.1 Å². The van der Waals surface area contributed by atoms with E-state index in [1.165, 1.54) is 7.11 Å². The molecule has 0 radical (unpaired) electrons. The topological polar surface area (TPSA) is 58.6 Å². The molecule has 1 atom stereocenters. The summed E-state index contributed by atoms with van der Waals surface area (Å²) >= 11 is 0. The largest absolute Gasteiger partial charge is 0.495 e. The highest BCUT2D eigenvalue weighted by molar-refractivity contribution is 7.89. The molecular weight excluding hydrogens is 288 g/mol. The smallest absolute Gasteiger partial charge is 0.246 e. The van der Waals surface area contributed by atoms with E-state index in [2.05, 4.69) is 12.2 Å². The van der Waals surface area contributed by atoms with Crippen molar-refractivity contribution in [1.29, 1.82) is 0 Å². The van der Waals surface area contributed by atoms with Gasteiger partial charge in [0, 0.05) is 19.6 Å². The second-order valence-corrected chi connectivity index (χ2v) is 7.43. The van der Waals surface area contributed by atoms with Crippen LogP contribution in [0, 0.1) is 5.92 Å². The molecule has 1 fully saturated rings. The summed E-state index contributed by atoms with van der Waals surface area (Å²) in [7, 11) is -1.98. The van der Waals surface area contributed by atoms with Crippen LogP contribution in [-0.2, 0) is 16.6 Å². The lowest BCUT2D eigenvalue weighted by atomic mass is 10.2. The Labute approximate surface area is 127 Å². The summed E-state index contributed by atoms with van der Waals surface area (Å²) in [6, 6.07) is 5.35. The molecule has 1 aromatic rings. The lowest BCUT2D eigenvalue weighted by Gasteiger charge is -2.19. The third-order valence-electron chi connectivity index (χ3n) is 3.81. The fourth-order valence-corrected chi connectivity index (χ4v) is 4.33. The van der Waals surface area contributed by atoms with Crippen LogP contribution in [0.3, 0.4) is 0 Å². The SMILES string of the molecule is CCNCc1ccc(OC)c(S(=O)(=O)N2CCC(C)C2)c1. The Morgan fingerprint density at radius 3 is 2.76 bits per heavy atom. The van der Waals surface area contributed by atoms with Gasteiger partial charge in [0.15, 0.2) is 0 Å². The van der Waals surface area contributed by atoms with Crippen LogP contribution in [0.2, 0.25) is 0 Å². The molecule has 0 amide bonds. The van der Waals surface area contributed by atoms with Gasteiger partial charge in [0.2, 0.25) is 10.0 Å². The van der Waals surface area contributed by atoms with Crippen molar-refractivity contribution in [3.05, 3.63) is 23.8 Å². The number of hydrogen-bond donors (Lipinski definition) is 1. The number of ether oxygens (including phenoxy) is 1. The molecule has 1 N–H and O–H groups in total. The van der Waals surface area contributed by atoms with Crippen LogP contribution in [0.15, 0.2) is 23.1 Å². The third kappa shape index (κ3) is 3.56. The van der Waals surface area contributed by atoms with Crippen LogP contribution in [0.1, 0.15) is 25.8 Å². The van der Waals surface area contributed by atoms with Crippen molar-refractivity contribution >= 4 is 10.0 Å². The Morgan fingerprint density at radius 1 is 1.43 bits per heavy atom. The van der Waals surface area contributed by atoms with Crippen LogP contribution in [0.25, 0.3) is 0 Å². The van der Waals surface area contributed by atoms with Gasteiger partial charge in [-0.25, -0.2) is 8.42 Å². The molecule has 1 heterocycles. The lowest BCUT2D eigenvalue weighted by Crippen LogP contribution is -2.29. The zero-order chi connectivity index (χ0) is 15.5. The highest BCUT2D eigenvalue weighted by Gasteiger charge is 2.32. The van der Waals surface area contributed by atoms with E-state index in [1.807, 2.05) is 13.0 Å². The zero-order valence-electron chi connectivity index (χ0n) is 12.9. The molecule has 1 aliphatic heterocycles. The van der Waals surface area contributed by atoms with E-state index < -0.39 is 10.0 Å². The Hall–Kier alpha value is -1.11. The number of hydrogen-bond acceptors (Lipinski definition) is 4. The molecule has 0 aliphatic carbocycles. The van der Waals surface area contributed by atoms with Crippen molar-refractivity contribution in [3.8, 4) is 5.75 Å². The number of nitrogens with zero attached hydrogens (tertiary/aromatic N) is 1. The predicted octanol–water partition coefficient (Wildman–Crippen LogP) is 1.84. The van der Waals surface area contributed by atoms with Gasteiger partial charge in [-0.2, -0.15) is 4.31 Å². The maximum absolute atomic E-state index is 12.8. The fourth-order valence-electron chi connectivity index (χ4n) is 2.55. The van der Waals surface area contributed by atoms with Crippen molar-refractivity contribution in [2.75, 3.05) is 26.7 Å². The standard InChI is InChI=1S/C15H24N2O3S/c1-4-16-10-13-5-6-14(20-3)15(9-13)21(18,19)17-8-7-12(2)11-17/h5-6,9,12,16H,4,7-8,10-11H2,1-3H3. The first-order chi connectivity index (χ1) is 9.98.